The van der Waals surface area contributed by atoms with Crippen molar-refractivity contribution in [3.05, 3.63) is 0 Å². The highest BCUT2D eigenvalue weighted by molar-refractivity contribution is 5.68. The lowest BCUT2D eigenvalue weighted by molar-refractivity contribution is -0.0705. The summed E-state index contributed by atoms with van der Waals surface area (Å²) >= 11 is 0. The third-order valence-electron chi connectivity index (χ3n) is 1.49. The summed E-state index contributed by atoms with van der Waals surface area (Å²) in [7, 11) is 1.49. The van der Waals surface area contributed by atoms with E-state index >= 15 is 0 Å². The zero-order valence-corrected chi connectivity index (χ0v) is 9.21. The highest BCUT2D eigenvalue weighted by Crippen LogP contribution is 2.14. The van der Waals surface area contributed by atoms with Crippen LogP contribution < -0.4 is 0 Å². The van der Waals surface area contributed by atoms with Crippen molar-refractivity contribution in [3.8, 4) is 0 Å². The Morgan fingerprint density at radius 2 is 1.62 bits per heavy atom. The van der Waals surface area contributed by atoms with Gasteiger partial charge in [0.1, 0.15) is 11.3 Å². The molecule has 0 saturated carbocycles. The van der Waals surface area contributed by atoms with E-state index in [9.17, 15) is 9.90 Å². The summed E-state index contributed by atoms with van der Waals surface area (Å²) in [4.78, 5) is 12.5. The molecule has 0 spiro atoms. The first kappa shape index (κ1) is 12.2. The van der Waals surface area contributed by atoms with Gasteiger partial charge in [-0.15, -0.1) is 0 Å². The van der Waals surface area contributed by atoms with Gasteiger partial charge in [-0.05, 0) is 34.6 Å². The number of rotatable bonds is 1. The first-order chi connectivity index (χ1) is 5.54. The largest absolute Gasteiger partial charge is 0.444 e. The molecule has 0 radical (unpaired) electrons. The second kappa shape index (κ2) is 3.54. The molecule has 0 saturated heterocycles. The molecule has 0 aliphatic rings. The fourth-order valence-corrected chi connectivity index (χ4v) is 0.554. The van der Waals surface area contributed by atoms with Gasteiger partial charge in [0, 0.05) is 7.05 Å². The van der Waals surface area contributed by atoms with E-state index in [0.29, 0.717) is 0 Å². The highest BCUT2D eigenvalue weighted by Gasteiger charge is 2.28. The molecule has 0 atom stereocenters. The SMILES string of the molecule is CN(C(=O)OC(C)(C)C)C(C)(C)O. The van der Waals surface area contributed by atoms with E-state index in [1.807, 2.05) is 0 Å². The number of hydrogen-bond acceptors (Lipinski definition) is 3. The minimum absolute atomic E-state index is 0.528. The molecule has 1 N–H and O–H groups in total. The summed E-state index contributed by atoms with van der Waals surface area (Å²) in [6.45, 7) is 8.39. The van der Waals surface area contributed by atoms with Crippen LogP contribution in [0.3, 0.4) is 0 Å². The Kier molecular flexibility index (Phi) is 3.33. The van der Waals surface area contributed by atoms with E-state index in [2.05, 4.69) is 0 Å². The van der Waals surface area contributed by atoms with Gasteiger partial charge in [-0.3, -0.25) is 4.90 Å². The maximum absolute atomic E-state index is 11.3. The number of amides is 1. The molecule has 1 amide bonds. The van der Waals surface area contributed by atoms with Crippen LogP contribution in [-0.4, -0.2) is 34.5 Å². The average Bonchev–Trinajstić information content (AvgIpc) is 1.79. The van der Waals surface area contributed by atoms with Crippen LogP contribution in [0.1, 0.15) is 34.6 Å². The molecule has 0 aromatic carbocycles. The molecule has 0 aromatic rings. The van der Waals surface area contributed by atoms with E-state index in [1.54, 1.807) is 20.8 Å². The van der Waals surface area contributed by atoms with Gasteiger partial charge in [0.05, 0.1) is 0 Å². The molecule has 0 aliphatic carbocycles. The quantitative estimate of drug-likeness (QED) is 0.637. The lowest BCUT2D eigenvalue weighted by atomic mass is 10.2. The molecule has 0 bridgehead atoms. The van der Waals surface area contributed by atoms with Crippen molar-refractivity contribution in [1.82, 2.24) is 4.90 Å². The summed E-state index contributed by atoms with van der Waals surface area (Å²) in [6.07, 6.45) is -0.528. The van der Waals surface area contributed by atoms with E-state index in [0.717, 1.165) is 4.90 Å². The lowest BCUT2D eigenvalue weighted by Crippen LogP contribution is -2.46. The zero-order chi connectivity index (χ0) is 10.9. The zero-order valence-electron chi connectivity index (χ0n) is 9.21. The average molecular weight is 189 g/mol. The summed E-state index contributed by atoms with van der Waals surface area (Å²) in [5.74, 6) is 0. The predicted molar refractivity (Wildman–Crippen MR) is 50.3 cm³/mol. The van der Waals surface area contributed by atoms with Crippen molar-refractivity contribution in [2.24, 2.45) is 0 Å². The van der Waals surface area contributed by atoms with Gasteiger partial charge in [-0.25, -0.2) is 4.79 Å². The molecular formula is C9H19NO3. The second-order valence-electron chi connectivity index (χ2n) is 4.53. The summed E-state index contributed by atoms with van der Waals surface area (Å²) in [5, 5.41) is 9.48. The van der Waals surface area contributed by atoms with Crippen LogP contribution in [0.2, 0.25) is 0 Å². The normalized spacial score (nSPS) is 12.5. The van der Waals surface area contributed by atoms with E-state index < -0.39 is 17.4 Å². The van der Waals surface area contributed by atoms with Crippen molar-refractivity contribution in [3.63, 3.8) is 0 Å². The lowest BCUT2D eigenvalue weighted by Gasteiger charge is -2.32. The Labute approximate surface area is 79.5 Å². The van der Waals surface area contributed by atoms with Crippen LogP contribution in [0, 0.1) is 0 Å². The predicted octanol–water partition coefficient (Wildman–Crippen LogP) is 1.58. The fourth-order valence-electron chi connectivity index (χ4n) is 0.554. The number of nitrogens with zero attached hydrogens (tertiary/aromatic N) is 1. The number of hydrogen-bond donors (Lipinski definition) is 1. The molecule has 4 heteroatoms. The van der Waals surface area contributed by atoms with Gasteiger partial charge in [0.25, 0.3) is 0 Å². The van der Waals surface area contributed by atoms with E-state index in [-0.39, 0.29) is 0 Å². The molecule has 78 valence electrons. The van der Waals surface area contributed by atoms with E-state index in [1.165, 1.54) is 20.9 Å². The van der Waals surface area contributed by atoms with Crippen molar-refractivity contribution < 1.29 is 14.6 Å². The van der Waals surface area contributed by atoms with Gasteiger partial charge < -0.3 is 9.84 Å². The first-order valence-corrected chi connectivity index (χ1v) is 4.23. The van der Waals surface area contributed by atoms with Crippen LogP contribution in [-0.2, 0) is 4.74 Å². The van der Waals surface area contributed by atoms with Crippen LogP contribution in [0.5, 0.6) is 0 Å². The molecule has 13 heavy (non-hydrogen) atoms. The Bertz CT molecular complexity index is 188. The van der Waals surface area contributed by atoms with Gasteiger partial charge in [-0.2, -0.15) is 0 Å². The Balaban J connectivity index is 4.30. The molecule has 0 unspecified atom stereocenters. The maximum Gasteiger partial charge on any atom is 0.412 e. The van der Waals surface area contributed by atoms with Crippen molar-refractivity contribution in [2.75, 3.05) is 7.05 Å². The number of ether oxygens (including phenoxy) is 1. The Morgan fingerprint density at radius 1 is 1.23 bits per heavy atom. The number of aliphatic hydroxyl groups is 1. The Hall–Kier alpha value is -0.770. The minimum Gasteiger partial charge on any atom is -0.444 e. The molecule has 0 fully saturated rings. The molecule has 0 heterocycles. The smallest absolute Gasteiger partial charge is 0.412 e. The summed E-state index contributed by atoms with van der Waals surface area (Å²) in [6, 6.07) is 0. The number of carbonyl (C=O) groups is 1. The molecule has 0 rings (SSSR count). The monoisotopic (exact) mass is 189 g/mol. The topological polar surface area (TPSA) is 49.8 Å². The van der Waals surface area contributed by atoms with Gasteiger partial charge in [-0.1, -0.05) is 0 Å². The van der Waals surface area contributed by atoms with Gasteiger partial charge in [0.15, 0.2) is 0 Å². The van der Waals surface area contributed by atoms with Crippen molar-refractivity contribution in [2.45, 2.75) is 45.9 Å². The number of carbonyl (C=O) groups excluding carboxylic acids is 1. The highest BCUT2D eigenvalue weighted by atomic mass is 16.6. The van der Waals surface area contributed by atoms with Crippen LogP contribution in [0.25, 0.3) is 0 Å². The summed E-state index contributed by atoms with van der Waals surface area (Å²) in [5.41, 5.74) is -1.72. The molecule has 0 aliphatic heterocycles. The Morgan fingerprint density at radius 3 is 1.85 bits per heavy atom. The standard InChI is InChI=1S/C9H19NO3/c1-8(2,3)13-7(11)10(6)9(4,5)12/h12H,1-6H3. The third-order valence-corrected chi connectivity index (χ3v) is 1.49. The van der Waals surface area contributed by atoms with Gasteiger partial charge in [0.2, 0.25) is 0 Å². The summed E-state index contributed by atoms with van der Waals surface area (Å²) < 4.78 is 5.05. The van der Waals surface area contributed by atoms with Crippen molar-refractivity contribution in [1.29, 1.82) is 0 Å². The van der Waals surface area contributed by atoms with E-state index in [4.69, 9.17) is 4.74 Å². The minimum atomic E-state index is -1.19. The first-order valence-electron chi connectivity index (χ1n) is 4.23. The molecular weight excluding hydrogens is 170 g/mol. The maximum atomic E-state index is 11.3. The molecule has 0 aromatic heterocycles. The fraction of sp³-hybridized carbons (Fsp3) is 0.889. The van der Waals surface area contributed by atoms with Crippen LogP contribution in [0.4, 0.5) is 4.79 Å². The van der Waals surface area contributed by atoms with Gasteiger partial charge >= 0.3 is 6.09 Å². The third kappa shape index (κ3) is 4.72. The van der Waals surface area contributed by atoms with Crippen molar-refractivity contribution >= 4 is 6.09 Å². The molecule has 4 nitrogen and oxygen atoms in total. The second-order valence-corrected chi connectivity index (χ2v) is 4.53. The van der Waals surface area contributed by atoms with Crippen LogP contribution >= 0.6 is 0 Å². The van der Waals surface area contributed by atoms with Crippen LogP contribution in [0.15, 0.2) is 0 Å².